The SMILES string of the molecule is CC(C)N1CC(CNC(=O)c2ccncc2)CC1=O. The fraction of sp³-hybridized carbons (Fsp3) is 0.500. The molecule has 2 rings (SSSR count). The Morgan fingerprint density at radius 2 is 2.16 bits per heavy atom. The highest BCUT2D eigenvalue weighted by atomic mass is 16.2. The van der Waals surface area contributed by atoms with Crippen molar-refractivity contribution in [3.63, 3.8) is 0 Å². The standard InChI is InChI=1S/C14H19N3O2/c1-10(2)17-9-11(7-13(17)18)8-16-14(19)12-3-5-15-6-4-12/h3-6,10-11H,7-9H2,1-2H3,(H,16,19). The summed E-state index contributed by atoms with van der Waals surface area (Å²) in [6, 6.07) is 3.58. The molecule has 5 heteroatoms. The Labute approximate surface area is 113 Å². The van der Waals surface area contributed by atoms with E-state index in [0.717, 1.165) is 6.54 Å². The smallest absolute Gasteiger partial charge is 0.251 e. The minimum atomic E-state index is -0.113. The van der Waals surface area contributed by atoms with E-state index in [1.807, 2.05) is 18.7 Å². The molecule has 2 amide bonds. The first-order chi connectivity index (χ1) is 9.08. The van der Waals surface area contributed by atoms with Gasteiger partial charge < -0.3 is 10.2 Å². The van der Waals surface area contributed by atoms with Gasteiger partial charge in [0.05, 0.1) is 0 Å². The molecular weight excluding hydrogens is 242 g/mol. The Morgan fingerprint density at radius 3 is 2.74 bits per heavy atom. The molecule has 0 spiro atoms. The van der Waals surface area contributed by atoms with Gasteiger partial charge in [-0.2, -0.15) is 0 Å². The van der Waals surface area contributed by atoms with Crippen LogP contribution in [0, 0.1) is 5.92 Å². The van der Waals surface area contributed by atoms with Crippen LogP contribution in [0.5, 0.6) is 0 Å². The molecule has 102 valence electrons. The number of rotatable bonds is 4. The van der Waals surface area contributed by atoms with E-state index in [1.165, 1.54) is 0 Å². The van der Waals surface area contributed by atoms with E-state index in [0.29, 0.717) is 18.5 Å². The molecule has 1 saturated heterocycles. The van der Waals surface area contributed by atoms with Gasteiger partial charge in [0.15, 0.2) is 0 Å². The maximum atomic E-state index is 11.9. The fourth-order valence-corrected chi connectivity index (χ4v) is 2.29. The van der Waals surface area contributed by atoms with Crippen LogP contribution in [0.4, 0.5) is 0 Å². The normalized spacial score (nSPS) is 19.0. The summed E-state index contributed by atoms with van der Waals surface area (Å²) in [4.78, 5) is 29.3. The number of pyridine rings is 1. The average molecular weight is 261 g/mol. The van der Waals surface area contributed by atoms with Gasteiger partial charge in [0, 0.05) is 49.4 Å². The number of carbonyl (C=O) groups is 2. The minimum Gasteiger partial charge on any atom is -0.352 e. The van der Waals surface area contributed by atoms with Crippen LogP contribution in [0.1, 0.15) is 30.6 Å². The fourth-order valence-electron chi connectivity index (χ4n) is 2.29. The number of carbonyl (C=O) groups excluding carboxylic acids is 2. The van der Waals surface area contributed by atoms with Crippen molar-refractivity contribution >= 4 is 11.8 Å². The number of aromatic nitrogens is 1. The van der Waals surface area contributed by atoms with Gasteiger partial charge in [0.2, 0.25) is 5.91 Å². The second kappa shape index (κ2) is 5.82. The monoisotopic (exact) mass is 261 g/mol. The van der Waals surface area contributed by atoms with Crippen molar-refractivity contribution in [2.24, 2.45) is 5.92 Å². The molecule has 1 aliphatic heterocycles. The maximum Gasteiger partial charge on any atom is 0.251 e. The van der Waals surface area contributed by atoms with Gasteiger partial charge in [-0.05, 0) is 26.0 Å². The van der Waals surface area contributed by atoms with Crippen LogP contribution in [0.2, 0.25) is 0 Å². The van der Waals surface area contributed by atoms with Crippen molar-refractivity contribution in [1.29, 1.82) is 0 Å². The Morgan fingerprint density at radius 1 is 1.47 bits per heavy atom. The second-order valence-corrected chi connectivity index (χ2v) is 5.16. The number of likely N-dealkylation sites (tertiary alicyclic amines) is 1. The third kappa shape index (κ3) is 3.30. The second-order valence-electron chi connectivity index (χ2n) is 5.16. The summed E-state index contributed by atoms with van der Waals surface area (Å²) in [5.41, 5.74) is 0.597. The van der Waals surface area contributed by atoms with E-state index < -0.39 is 0 Å². The van der Waals surface area contributed by atoms with Gasteiger partial charge in [0.25, 0.3) is 5.91 Å². The predicted octanol–water partition coefficient (Wildman–Crippen LogP) is 1.07. The predicted molar refractivity (Wildman–Crippen MR) is 71.5 cm³/mol. The van der Waals surface area contributed by atoms with Crippen LogP contribution in [-0.4, -0.2) is 40.8 Å². The Bertz CT molecular complexity index is 459. The quantitative estimate of drug-likeness (QED) is 0.881. The summed E-state index contributed by atoms with van der Waals surface area (Å²) in [7, 11) is 0. The van der Waals surface area contributed by atoms with Gasteiger partial charge >= 0.3 is 0 Å². The summed E-state index contributed by atoms with van der Waals surface area (Å²) >= 11 is 0. The molecule has 1 N–H and O–H groups in total. The van der Waals surface area contributed by atoms with Gasteiger partial charge in [-0.1, -0.05) is 0 Å². The molecule has 0 aliphatic carbocycles. The van der Waals surface area contributed by atoms with Crippen LogP contribution in [-0.2, 0) is 4.79 Å². The number of amides is 2. The lowest BCUT2D eigenvalue weighted by Gasteiger charge is -2.21. The number of nitrogens with zero attached hydrogens (tertiary/aromatic N) is 2. The molecular formula is C14H19N3O2. The summed E-state index contributed by atoms with van der Waals surface area (Å²) < 4.78 is 0. The number of nitrogens with one attached hydrogen (secondary N) is 1. The topological polar surface area (TPSA) is 62.3 Å². The van der Waals surface area contributed by atoms with E-state index in [2.05, 4.69) is 10.3 Å². The van der Waals surface area contributed by atoms with Crippen molar-refractivity contribution in [2.45, 2.75) is 26.3 Å². The Hall–Kier alpha value is -1.91. The van der Waals surface area contributed by atoms with Crippen molar-refractivity contribution in [3.8, 4) is 0 Å². The lowest BCUT2D eigenvalue weighted by molar-refractivity contribution is -0.129. The van der Waals surface area contributed by atoms with Gasteiger partial charge in [-0.25, -0.2) is 0 Å². The van der Waals surface area contributed by atoms with Crippen molar-refractivity contribution in [3.05, 3.63) is 30.1 Å². The minimum absolute atomic E-state index is 0.113. The third-order valence-electron chi connectivity index (χ3n) is 3.36. The molecule has 1 aliphatic rings. The molecule has 5 nitrogen and oxygen atoms in total. The van der Waals surface area contributed by atoms with Crippen molar-refractivity contribution < 1.29 is 9.59 Å². The third-order valence-corrected chi connectivity index (χ3v) is 3.36. The molecule has 1 fully saturated rings. The summed E-state index contributed by atoms with van der Waals surface area (Å²) in [6.45, 7) is 5.29. The van der Waals surface area contributed by atoms with Gasteiger partial charge in [-0.3, -0.25) is 14.6 Å². The first kappa shape index (κ1) is 13.5. The molecule has 1 aromatic heterocycles. The molecule has 1 unspecified atom stereocenters. The average Bonchev–Trinajstić information content (AvgIpc) is 2.78. The zero-order valence-electron chi connectivity index (χ0n) is 11.3. The molecule has 0 aromatic carbocycles. The number of hydrogen-bond acceptors (Lipinski definition) is 3. The van der Waals surface area contributed by atoms with E-state index in [-0.39, 0.29) is 23.8 Å². The van der Waals surface area contributed by atoms with E-state index in [4.69, 9.17) is 0 Å². The van der Waals surface area contributed by atoms with Crippen LogP contribution in [0.15, 0.2) is 24.5 Å². The maximum absolute atomic E-state index is 11.9. The first-order valence-electron chi connectivity index (χ1n) is 6.55. The lowest BCUT2D eigenvalue weighted by atomic mass is 10.1. The molecule has 0 radical (unpaired) electrons. The highest BCUT2D eigenvalue weighted by Gasteiger charge is 2.31. The first-order valence-corrected chi connectivity index (χ1v) is 6.55. The lowest BCUT2D eigenvalue weighted by Crippen LogP contribution is -2.34. The van der Waals surface area contributed by atoms with E-state index in [1.54, 1.807) is 24.5 Å². The van der Waals surface area contributed by atoms with Crippen molar-refractivity contribution in [2.75, 3.05) is 13.1 Å². The van der Waals surface area contributed by atoms with Crippen molar-refractivity contribution in [1.82, 2.24) is 15.2 Å². The number of hydrogen-bond donors (Lipinski definition) is 1. The van der Waals surface area contributed by atoms with E-state index in [9.17, 15) is 9.59 Å². The summed E-state index contributed by atoms with van der Waals surface area (Å²) in [6.07, 6.45) is 3.71. The Balaban J connectivity index is 1.84. The zero-order valence-corrected chi connectivity index (χ0v) is 11.3. The molecule has 1 aromatic rings. The molecule has 1 atom stereocenters. The van der Waals surface area contributed by atoms with E-state index >= 15 is 0 Å². The molecule has 0 saturated carbocycles. The van der Waals surface area contributed by atoms with Gasteiger partial charge in [0.1, 0.15) is 0 Å². The Kier molecular flexibility index (Phi) is 4.14. The van der Waals surface area contributed by atoms with Crippen LogP contribution < -0.4 is 5.32 Å². The summed E-state index contributed by atoms with van der Waals surface area (Å²) in [5, 5.41) is 2.88. The molecule has 19 heavy (non-hydrogen) atoms. The summed E-state index contributed by atoms with van der Waals surface area (Å²) in [5.74, 6) is 0.275. The highest BCUT2D eigenvalue weighted by molar-refractivity contribution is 5.94. The highest BCUT2D eigenvalue weighted by Crippen LogP contribution is 2.19. The molecule has 2 heterocycles. The zero-order chi connectivity index (χ0) is 13.8. The van der Waals surface area contributed by atoms with Crippen LogP contribution in [0.3, 0.4) is 0 Å². The largest absolute Gasteiger partial charge is 0.352 e. The van der Waals surface area contributed by atoms with Gasteiger partial charge in [-0.15, -0.1) is 0 Å². The van der Waals surface area contributed by atoms with Crippen LogP contribution >= 0.6 is 0 Å². The molecule has 0 bridgehead atoms. The van der Waals surface area contributed by atoms with Crippen LogP contribution in [0.25, 0.3) is 0 Å².